The Bertz CT molecular complexity index is 2430. The second-order valence-electron chi connectivity index (χ2n) is 16.7. The number of hydrogen-bond acceptors (Lipinski definition) is 12. The molecular weight excluding hydrogens is 759 g/mol. The number of carbonyl (C=O) groups excluding carboxylic acids is 4. The van der Waals surface area contributed by atoms with Gasteiger partial charge in [0.2, 0.25) is 23.7 Å². The van der Waals surface area contributed by atoms with E-state index < -0.39 is 23.8 Å². The lowest BCUT2D eigenvalue weighted by Crippen LogP contribution is -2.54. The standard InChI is InChI=1S/C45H49N11O4/c57-39-17-16-38(41(58)50-39)56-42(59)35-15-10-29(26-36(35)43(56)60)28-52-20-18-33(19-21-52)54-24-22-53(23-25-54)32-13-11-31(12-14-32)47-44-46-27-37-40(51-44)55(34-8-4-5-9-34)45(49-37)48-30-6-2-1-3-7-30/h1-3,6-7,10-15,26-27,33-34,38H,4-5,8-9,16-25,28H2,(H,48,49)(H,46,47,51)(H,50,57,58). The number of anilines is 5. The van der Waals surface area contributed by atoms with Crippen molar-refractivity contribution in [1.29, 1.82) is 0 Å². The summed E-state index contributed by atoms with van der Waals surface area (Å²) in [5.74, 6) is -0.552. The number of piperazine rings is 1. The third-order valence-electron chi connectivity index (χ3n) is 12.9. The molecule has 3 aromatic carbocycles. The zero-order chi connectivity index (χ0) is 40.7. The van der Waals surface area contributed by atoms with E-state index in [2.05, 4.69) is 64.5 Å². The molecule has 4 fully saturated rings. The molecule has 5 aliphatic rings. The maximum atomic E-state index is 13.3. The van der Waals surface area contributed by atoms with Crippen LogP contribution in [0.4, 0.5) is 29.0 Å². The summed E-state index contributed by atoms with van der Waals surface area (Å²) in [6.45, 7) is 6.56. The number of rotatable bonds is 10. The van der Waals surface area contributed by atoms with Crippen molar-refractivity contribution in [3.8, 4) is 0 Å². The van der Waals surface area contributed by atoms with E-state index in [-0.39, 0.29) is 18.7 Å². The minimum atomic E-state index is -0.957. The van der Waals surface area contributed by atoms with Gasteiger partial charge in [0.15, 0.2) is 5.65 Å². The fraction of sp³-hybridized carbons (Fsp3) is 0.400. The van der Waals surface area contributed by atoms with Crippen LogP contribution in [0.1, 0.15) is 83.7 Å². The van der Waals surface area contributed by atoms with Crippen molar-refractivity contribution >= 4 is 63.8 Å². The van der Waals surface area contributed by atoms with Gasteiger partial charge in [0, 0.05) is 68.3 Å². The van der Waals surface area contributed by atoms with E-state index in [1.807, 2.05) is 42.6 Å². The van der Waals surface area contributed by atoms with Crippen molar-refractivity contribution in [1.82, 2.24) is 39.5 Å². The van der Waals surface area contributed by atoms with E-state index >= 15 is 0 Å². The Hall–Kier alpha value is -6.19. The first-order valence-corrected chi connectivity index (χ1v) is 21.3. The number of para-hydroxylation sites is 1. The average molecular weight is 808 g/mol. The number of hydrogen-bond donors (Lipinski definition) is 3. The monoisotopic (exact) mass is 807 g/mol. The lowest BCUT2D eigenvalue weighted by atomic mass is 10.0. The molecule has 308 valence electrons. The summed E-state index contributed by atoms with van der Waals surface area (Å²) in [6.07, 6.45) is 8.86. The number of piperidine rings is 2. The molecule has 1 atom stereocenters. The van der Waals surface area contributed by atoms with Gasteiger partial charge in [-0.1, -0.05) is 37.1 Å². The first-order chi connectivity index (χ1) is 29.3. The van der Waals surface area contributed by atoms with E-state index in [1.54, 1.807) is 12.1 Å². The van der Waals surface area contributed by atoms with E-state index in [4.69, 9.17) is 9.97 Å². The number of likely N-dealkylation sites (tertiary alicyclic amines) is 1. The van der Waals surface area contributed by atoms with Crippen LogP contribution in [0.15, 0.2) is 79.0 Å². The molecule has 15 heteroatoms. The molecule has 1 saturated carbocycles. The number of carbonyl (C=O) groups is 4. The third-order valence-corrected chi connectivity index (χ3v) is 12.9. The van der Waals surface area contributed by atoms with Gasteiger partial charge in [-0.15, -0.1) is 0 Å². The van der Waals surface area contributed by atoms with Gasteiger partial charge in [0.05, 0.1) is 17.3 Å². The van der Waals surface area contributed by atoms with Gasteiger partial charge in [0.25, 0.3) is 11.8 Å². The van der Waals surface area contributed by atoms with Gasteiger partial charge in [-0.05, 0) is 99.3 Å². The van der Waals surface area contributed by atoms with Crippen molar-refractivity contribution in [3.63, 3.8) is 0 Å². The summed E-state index contributed by atoms with van der Waals surface area (Å²) in [6, 6.07) is 24.0. The smallest absolute Gasteiger partial charge is 0.262 e. The fourth-order valence-electron chi connectivity index (χ4n) is 9.75. The van der Waals surface area contributed by atoms with Crippen molar-refractivity contribution in [2.24, 2.45) is 0 Å². The largest absolute Gasteiger partial charge is 0.369 e. The van der Waals surface area contributed by atoms with Crippen LogP contribution in [0.25, 0.3) is 11.2 Å². The molecule has 5 aromatic rings. The number of nitrogens with one attached hydrogen (secondary N) is 3. The molecule has 3 saturated heterocycles. The Morgan fingerprint density at radius 1 is 0.700 bits per heavy atom. The van der Waals surface area contributed by atoms with Crippen LogP contribution in [0.5, 0.6) is 0 Å². The minimum absolute atomic E-state index is 0.104. The highest BCUT2D eigenvalue weighted by Crippen LogP contribution is 2.36. The molecular formula is C45H49N11O4. The topological polar surface area (TPSA) is 161 Å². The molecule has 1 unspecified atom stereocenters. The van der Waals surface area contributed by atoms with E-state index in [1.165, 1.54) is 18.5 Å². The summed E-state index contributed by atoms with van der Waals surface area (Å²) in [4.78, 5) is 73.6. The van der Waals surface area contributed by atoms with Crippen LogP contribution in [0.2, 0.25) is 0 Å². The molecule has 4 aliphatic heterocycles. The normalized spacial score (nSPS) is 20.9. The summed E-state index contributed by atoms with van der Waals surface area (Å²) in [7, 11) is 0. The fourth-order valence-corrected chi connectivity index (χ4v) is 9.75. The number of imide groups is 2. The molecule has 60 heavy (non-hydrogen) atoms. The van der Waals surface area contributed by atoms with E-state index in [9.17, 15) is 19.2 Å². The third kappa shape index (κ3) is 7.47. The number of amides is 4. The van der Waals surface area contributed by atoms with Gasteiger partial charge in [-0.2, -0.15) is 4.98 Å². The highest BCUT2D eigenvalue weighted by atomic mass is 16.2. The SMILES string of the molecule is O=C1CCC(N2C(=O)c3ccc(CN4CCC(N5CCN(c6ccc(Nc7ncc8nc(Nc9ccccc9)n(C9CCCC9)c8n7)cc6)CC5)CC4)cc3C2=O)C(=O)N1. The molecule has 0 radical (unpaired) electrons. The number of aromatic nitrogens is 4. The first kappa shape index (κ1) is 38.0. The highest BCUT2D eigenvalue weighted by Gasteiger charge is 2.44. The van der Waals surface area contributed by atoms with Crippen molar-refractivity contribution in [3.05, 3.63) is 95.7 Å². The number of benzene rings is 3. The molecule has 4 amide bonds. The van der Waals surface area contributed by atoms with Gasteiger partial charge in [-0.3, -0.25) is 43.8 Å². The Labute approximate surface area is 348 Å². The van der Waals surface area contributed by atoms with Crippen LogP contribution in [-0.2, 0) is 16.1 Å². The Morgan fingerprint density at radius 2 is 1.43 bits per heavy atom. The molecule has 1 aliphatic carbocycles. The molecule has 0 bridgehead atoms. The molecule has 10 rings (SSSR count). The lowest BCUT2D eigenvalue weighted by molar-refractivity contribution is -0.136. The maximum absolute atomic E-state index is 13.3. The van der Waals surface area contributed by atoms with Crippen molar-refractivity contribution in [2.75, 3.05) is 54.8 Å². The number of imidazole rings is 1. The zero-order valence-electron chi connectivity index (χ0n) is 33.6. The van der Waals surface area contributed by atoms with Gasteiger partial charge in [-0.25, -0.2) is 9.97 Å². The van der Waals surface area contributed by atoms with Crippen molar-refractivity contribution in [2.45, 2.75) is 76.0 Å². The molecule has 3 N–H and O–H groups in total. The predicted molar refractivity (Wildman–Crippen MR) is 227 cm³/mol. The minimum Gasteiger partial charge on any atom is -0.369 e. The highest BCUT2D eigenvalue weighted by molar-refractivity contribution is 6.23. The molecule has 15 nitrogen and oxygen atoms in total. The summed E-state index contributed by atoms with van der Waals surface area (Å²) < 4.78 is 2.26. The van der Waals surface area contributed by atoms with Crippen LogP contribution in [0.3, 0.4) is 0 Å². The molecule has 6 heterocycles. The second kappa shape index (κ2) is 16.1. The first-order valence-electron chi connectivity index (χ1n) is 21.3. The lowest BCUT2D eigenvalue weighted by Gasteiger charge is -2.43. The van der Waals surface area contributed by atoms with Gasteiger partial charge >= 0.3 is 0 Å². The van der Waals surface area contributed by atoms with Crippen LogP contribution in [0, 0.1) is 0 Å². The summed E-state index contributed by atoms with van der Waals surface area (Å²) in [5.41, 5.74) is 6.38. The Balaban J connectivity index is 0.715. The summed E-state index contributed by atoms with van der Waals surface area (Å²) >= 11 is 0. The molecule has 0 spiro atoms. The van der Waals surface area contributed by atoms with Crippen molar-refractivity contribution < 1.29 is 19.2 Å². The zero-order valence-corrected chi connectivity index (χ0v) is 33.6. The van der Waals surface area contributed by atoms with Crippen LogP contribution < -0.4 is 20.9 Å². The number of fused-ring (bicyclic) bond motifs is 2. The van der Waals surface area contributed by atoms with E-state index in [0.717, 1.165) is 104 Å². The van der Waals surface area contributed by atoms with Gasteiger partial charge in [0.1, 0.15) is 11.6 Å². The van der Waals surface area contributed by atoms with Crippen LogP contribution >= 0.6 is 0 Å². The van der Waals surface area contributed by atoms with Gasteiger partial charge < -0.3 is 15.5 Å². The second-order valence-corrected chi connectivity index (χ2v) is 16.7. The predicted octanol–water partition coefficient (Wildman–Crippen LogP) is 5.62. The summed E-state index contributed by atoms with van der Waals surface area (Å²) in [5, 5.41) is 9.21. The Morgan fingerprint density at radius 3 is 2.18 bits per heavy atom. The maximum Gasteiger partial charge on any atom is 0.262 e. The van der Waals surface area contributed by atoms with Crippen LogP contribution in [-0.4, -0.2) is 109 Å². The average Bonchev–Trinajstić information content (AvgIpc) is 3.98. The quantitative estimate of drug-likeness (QED) is 0.150. The van der Waals surface area contributed by atoms with E-state index in [0.29, 0.717) is 35.7 Å². The number of nitrogens with zero attached hydrogens (tertiary/aromatic N) is 8. The molecule has 2 aromatic heterocycles. The Kier molecular flexibility index (Phi) is 10.2.